The number of nitrogens with one attached hydrogen (secondary N) is 1. The van der Waals surface area contributed by atoms with Crippen LogP contribution in [0, 0.1) is 0 Å². The quantitative estimate of drug-likeness (QED) is 0.817. The molecular formula is C21H27N5O. The maximum absolute atomic E-state index is 11.9. The van der Waals surface area contributed by atoms with Crippen molar-refractivity contribution < 1.29 is 4.79 Å². The molecule has 6 nitrogen and oxygen atoms in total. The van der Waals surface area contributed by atoms with Gasteiger partial charge in [0.15, 0.2) is 0 Å². The molecule has 1 aromatic carbocycles. The van der Waals surface area contributed by atoms with Crippen molar-refractivity contribution in [1.29, 1.82) is 0 Å². The lowest BCUT2D eigenvalue weighted by atomic mass is 10.2. The van der Waals surface area contributed by atoms with E-state index in [1.54, 1.807) is 12.4 Å². The number of rotatable bonds is 7. The van der Waals surface area contributed by atoms with Gasteiger partial charge in [-0.3, -0.25) is 9.69 Å². The first-order valence-electron chi connectivity index (χ1n) is 9.55. The summed E-state index contributed by atoms with van der Waals surface area (Å²) in [5.41, 5.74) is 1.74. The highest BCUT2D eigenvalue weighted by Gasteiger charge is 2.18. The van der Waals surface area contributed by atoms with E-state index in [9.17, 15) is 4.79 Å². The molecule has 1 N–H and O–H groups in total. The van der Waals surface area contributed by atoms with Crippen LogP contribution in [0.5, 0.6) is 0 Å². The van der Waals surface area contributed by atoms with Crippen LogP contribution in [0.1, 0.15) is 29.3 Å². The Kier molecular flexibility index (Phi) is 6.93. The first-order chi connectivity index (χ1) is 13.3. The number of anilines is 1. The molecule has 142 valence electrons. The summed E-state index contributed by atoms with van der Waals surface area (Å²) < 4.78 is 0. The molecule has 1 aliphatic rings. The van der Waals surface area contributed by atoms with Gasteiger partial charge >= 0.3 is 0 Å². The van der Waals surface area contributed by atoms with Gasteiger partial charge in [-0.05, 0) is 12.0 Å². The largest absolute Gasteiger partial charge is 0.352 e. The van der Waals surface area contributed by atoms with Gasteiger partial charge in [-0.25, -0.2) is 9.97 Å². The minimum absolute atomic E-state index is 0.113. The molecule has 6 heteroatoms. The van der Waals surface area contributed by atoms with E-state index in [1.165, 1.54) is 5.56 Å². The molecule has 2 heterocycles. The number of carbonyl (C=O) groups excluding carboxylic acids is 1. The number of piperazine rings is 1. The number of hydrogen-bond donors (Lipinski definition) is 1. The summed E-state index contributed by atoms with van der Waals surface area (Å²) in [4.78, 5) is 25.3. The molecule has 0 spiro atoms. The Bertz CT molecular complexity index is 737. The fourth-order valence-electron chi connectivity index (χ4n) is 2.97. The first kappa shape index (κ1) is 19.0. The Balaban J connectivity index is 1.46. The van der Waals surface area contributed by atoms with Crippen molar-refractivity contribution in [2.24, 2.45) is 0 Å². The Morgan fingerprint density at radius 2 is 1.81 bits per heavy atom. The molecule has 0 unspecified atom stereocenters. The van der Waals surface area contributed by atoms with Gasteiger partial charge in [0.25, 0.3) is 5.91 Å². The lowest BCUT2D eigenvalue weighted by Gasteiger charge is -2.34. The molecule has 1 amide bonds. The second-order valence-electron chi connectivity index (χ2n) is 6.63. The number of hydrogen-bond acceptors (Lipinski definition) is 5. The second kappa shape index (κ2) is 9.83. The predicted octanol–water partition coefficient (Wildman–Crippen LogP) is 2.45. The van der Waals surface area contributed by atoms with Crippen LogP contribution in [0.4, 0.5) is 5.95 Å². The fourth-order valence-corrected chi connectivity index (χ4v) is 2.97. The van der Waals surface area contributed by atoms with E-state index < -0.39 is 0 Å². The first-order valence-corrected chi connectivity index (χ1v) is 9.55. The van der Waals surface area contributed by atoms with Crippen LogP contribution in [0.2, 0.25) is 0 Å². The van der Waals surface area contributed by atoms with Crippen LogP contribution in [-0.4, -0.2) is 60.0 Å². The summed E-state index contributed by atoms with van der Waals surface area (Å²) in [7, 11) is 0. The van der Waals surface area contributed by atoms with E-state index in [0.717, 1.165) is 39.1 Å². The van der Waals surface area contributed by atoms with Crippen molar-refractivity contribution in [1.82, 2.24) is 20.2 Å². The van der Waals surface area contributed by atoms with Crippen molar-refractivity contribution in [2.45, 2.75) is 13.3 Å². The summed E-state index contributed by atoms with van der Waals surface area (Å²) in [5, 5.41) is 2.84. The highest BCUT2D eigenvalue weighted by atomic mass is 16.1. The normalized spacial score (nSPS) is 15.2. The Morgan fingerprint density at radius 1 is 1.11 bits per heavy atom. The number of nitrogens with zero attached hydrogens (tertiary/aromatic N) is 4. The van der Waals surface area contributed by atoms with Crippen molar-refractivity contribution in [2.75, 3.05) is 44.2 Å². The van der Waals surface area contributed by atoms with Crippen molar-refractivity contribution in [3.05, 3.63) is 59.9 Å². The lowest BCUT2D eigenvalue weighted by molar-refractivity contribution is 0.0953. The van der Waals surface area contributed by atoms with Gasteiger partial charge < -0.3 is 10.2 Å². The molecule has 2 aromatic rings. The van der Waals surface area contributed by atoms with Crippen LogP contribution >= 0.6 is 0 Å². The van der Waals surface area contributed by atoms with Gasteiger partial charge in [-0.15, -0.1) is 0 Å². The summed E-state index contributed by atoms with van der Waals surface area (Å²) in [6, 6.07) is 10.4. The molecule has 0 radical (unpaired) electrons. The van der Waals surface area contributed by atoms with Crippen LogP contribution in [-0.2, 0) is 0 Å². The van der Waals surface area contributed by atoms with E-state index in [2.05, 4.69) is 61.5 Å². The zero-order valence-electron chi connectivity index (χ0n) is 15.8. The van der Waals surface area contributed by atoms with Crippen molar-refractivity contribution in [3.63, 3.8) is 0 Å². The summed E-state index contributed by atoms with van der Waals surface area (Å²) in [6.45, 7) is 7.36. The molecule has 3 rings (SSSR count). The zero-order chi connectivity index (χ0) is 18.9. The van der Waals surface area contributed by atoms with E-state index in [4.69, 9.17) is 0 Å². The molecule has 0 saturated carbocycles. The van der Waals surface area contributed by atoms with Gasteiger partial charge in [-0.2, -0.15) is 0 Å². The maximum atomic E-state index is 11.9. The number of amides is 1. The minimum atomic E-state index is -0.113. The molecule has 27 heavy (non-hydrogen) atoms. The van der Waals surface area contributed by atoms with E-state index >= 15 is 0 Å². The highest BCUT2D eigenvalue weighted by Crippen LogP contribution is 2.11. The summed E-state index contributed by atoms with van der Waals surface area (Å²) in [5.74, 6) is 0.583. The molecule has 0 aliphatic carbocycles. The lowest BCUT2D eigenvalue weighted by Crippen LogP contribution is -2.47. The Morgan fingerprint density at radius 3 is 2.48 bits per heavy atom. The molecule has 1 aromatic heterocycles. The minimum Gasteiger partial charge on any atom is -0.352 e. The van der Waals surface area contributed by atoms with Gasteiger partial charge in [0.1, 0.15) is 0 Å². The number of benzene rings is 1. The standard InChI is InChI=1S/C21H27N5O/c1-2-10-22-20(27)19-16-23-21(24-17-19)26-14-12-25(13-15-26)11-6-9-18-7-4-3-5-8-18/h3-9,16-17H,2,10-15H2,1H3,(H,22,27)/b9-6+. The smallest absolute Gasteiger partial charge is 0.254 e. The zero-order valence-corrected chi connectivity index (χ0v) is 15.8. The van der Waals surface area contributed by atoms with Crippen molar-refractivity contribution >= 4 is 17.9 Å². The van der Waals surface area contributed by atoms with Crippen LogP contribution < -0.4 is 10.2 Å². The predicted molar refractivity (Wildman–Crippen MR) is 109 cm³/mol. The SMILES string of the molecule is CCCNC(=O)c1cnc(N2CCN(C/C=C/c3ccccc3)CC2)nc1. The monoisotopic (exact) mass is 365 g/mol. The molecule has 1 fully saturated rings. The Labute approximate surface area is 160 Å². The van der Waals surface area contributed by atoms with Crippen molar-refractivity contribution in [3.8, 4) is 0 Å². The van der Waals surface area contributed by atoms with E-state index in [-0.39, 0.29) is 5.91 Å². The third-order valence-electron chi connectivity index (χ3n) is 4.56. The van der Waals surface area contributed by atoms with Crippen LogP contribution in [0.15, 0.2) is 48.8 Å². The maximum Gasteiger partial charge on any atom is 0.254 e. The number of aromatic nitrogens is 2. The van der Waals surface area contributed by atoms with Crippen LogP contribution in [0.25, 0.3) is 6.08 Å². The second-order valence-corrected chi connectivity index (χ2v) is 6.63. The average molecular weight is 365 g/mol. The summed E-state index contributed by atoms with van der Waals surface area (Å²) in [6.07, 6.45) is 8.52. The Hall–Kier alpha value is -2.73. The van der Waals surface area contributed by atoms with Gasteiger partial charge in [-0.1, -0.05) is 49.4 Å². The average Bonchev–Trinajstić information content (AvgIpc) is 2.73. The molecule has 0 bridgehead atoms. The fraction of sp³-hybridized carbons (Fsp3) is 0.381. The molecular weight excluding hydrogens is 338 g/mol. The van der Waals surface area contributed by atoms with E-state index in [0.29, 0.717) is 18.1 Å². The van der Waals surface area contributed by atoms with Crippen LogP contribution in [0.3, 0.4) is 0 Å². The van der Waals surface area contributed by atoms with Gasteiger partial charge in [0.2, 0.25) is 5.95 Å². The van der Waals surface area contributed by atoms with Gasteiger partial charge in [0, 0.05) is 51.7 Å². The van der Waals surface area contributed by atoms with E-state index in [1.807, 2.05) is 13.0 Å². The molecule has 1 aliphatic heterocycles. The third kappa shape index (κ3) is 5.62. The highest BCUT2D eigenvalue weighted by molar-refractivity contribution is 5.93. The summed E-state index contributed by atoms with van der Waals surface area (Å²) >= 11 is 0. The molecule has 0 atom stereocenters. The number of carbonyl (C=O) groups is 1. The topological polar surface area (TPSA) is 61.4 Å². The molecule has 1 saturated heterocycles. The third-order valence-corrected chi connectivity index (χ3v) is 4.56. The van der Waals surface area contributed by atoms with Gasteiger partial charge in [0.05, 0.1) is 5.56 Å².